The smallest absolute Gasteiger partial charge is 0.146 e. The van der Waals surface area contributed by atoms with E-state index in [1.807, 2.05) is 12.1 Å². The highest BCUT2D eigenvalue weighted by Gasteiger charge is 2.44. The van der Waals surface area contributed by atoms with E-state index in [1.165, 1.54) is 6.07 Å². The van der Waals surface area contributed by atoms with E-state index in [4.69, 9.17) is 5.26 Å². The largest absolute Gasteiger partial charge is 0.362 e. The number of aromatic nitrogens is 2. The molecule has 116 valence electrons. The summed E-state index contributed by atoms with van der Waals surface area (Å²) in [6.45, 7) is 2.35. The minimum Gasteiger partial charge on any atom is -0.362 e. The zero-order valence-corrected chi connectivity index (χ0v) is 12.6. The van der Waals surface area contributed by atoms with E-state index in [1.54, 1.807) is 24.5 Å². The van der Waals surface area contributed by atoms with Crippen LogP contribution in [-0.2, 0) is 6.54 Å². The van der Waals surface area contributed by atoms with Gasteiger partial charge in [-0.3, -0.25) is 9.88 Å². The maximum Gasteiger partial charge on any atom is 0.146 e. The molecule has 3 aliphatic rings. The summed E-state index contributed by atoms with van der Waals surface area (Å²) in [7, 11) is 0. The maximum absolute atomic E-state index is 13.7. The molecule has 0 saturated carbocycles. The fraction of sp³-hybridized carbons (Fsp3) is 0.353. The third-order valence-corrected chi connectivity index (χ3v) is 4.64. The van der Waals surface area contributed by atoms with Gasteiger partial charge in [0, 0.05) is 37.9 Å². The van der Waals surface area contributed by atoms with Crippen molar-refractivity contribution in [3.8, 4) is 6.07 Å². The van der Waals surface area contributed by atoms with Crippen LogP contribution in [0.1, 0.15) is 17.8 Å². The molecule has 0 aromatic carbocycles. The second-order valence-electron chi connectivity index (χ2n) is 6.09. The Morgan fingerprint density at radius 3 is 2.70 bits per heavy atom. The van der Waals surface area contributed by atoms with Crippen LogP contribution in [-0.4, -0.2) is 40.0 Å². The van der Waals surface area contributed by atoms with E-state index in [-0.39, 0.29) is 5.82 Å². The quantitative estimate of drug-likeness (QED) is 0.867. The minimum atomic E-state index is -0.236. The molecule has 2 aromatic heterocycles. The number of pyridine rings is 2. The van der Waals surface area contributed by atoms with E-state index in [0.717, 1.165) is 25.2 Å². The Hall–Kier alpha value is -2.52. The van der Waals surface area contributed by atoms with E-state index >= 15 is 0 Å². The Labute approximate surface area is 134 Å². The van der Waals surface area contributed by atoms with Crippen molar-refractivity contribution < 1.29 is 4.39 Å². The Balaban J connectivity index is 1.44. The third-order valence-electron chi connectivity index (χ3n) is 4.64. The Morgan fingerprint density at radius 2 is 2.04 bits per heavy atom. The molecule has 3 aliphatic heterocycles. The van der Waals surface area contributed by atoms with Crippen molar-refractivity contribution >= 4 is 5.69 Å². The number of nitrogens with zero attached hydrogens (tertiary/aromatic N) is 5. The van der Waals surface area contributed by atoms with Gasteiger partial charge in [-0.05, 0) is 30.7 Å². The first-order chi connectivity index (χ1) is 11.2. The number of anilines is 1. The normalized spacial score (nSPS) is 23.2. The summed E-state index contributed by atoms with van der Waals surface area (Å²) in [5.74, 6) is -0.236. The number of hydrogen-bond donors (Lipinski definition) is 0. The van der Waals surface area contributed by atoms with Gasteiger partial charge in [0.1, 0.15) is 17.6 Å². The third kappa shape index (κ3) is 2.53. The van der Waals surface area contributed by atoms with Crippen LogP contribution in [0, 0.1) is 17.1 Å². The average molecular weight is 309 g/mol. The zero-order chi connectivity index (χ0) is 15.8. The summed E-state index contributed by atoms with van der Waals surface area (Å²) in [5.41, 5.74) is 2.01. The van der Waals surface area contributed by atoms with Gasteiger partial charge in [-0.15, -0.1) is 0 Å². The van der Waals surface area contributed by atoms with Crippen molar-refractivity contribution in [1.82, 2.24) is 14.9 Å². The van der Waals surface area contributed by atoms with Crippen molar-refractivity contribution in [2.24, 2.45) is 0 Å². The number of halogens is 1. The van der Waals surface area contributed by atoms with Gasteiger partial charge in [0.25, 0.3) is 0 Å². The second-order valence-corrected chi connectivity index (χ2v) is 6.09. The summed E-state index contributed by atoms with van der Waals surface area (Å²) < 4.78 is 13.7. The van der Waals surface area contributed by atoms with Gasteiger partial charge in [-0.25, -0.2) is 9.37 Å². The van der Waals surface area contributed by atoms with Crippen LogP contribution in [0.3, 0.4) is 0 Å². The molecular formula is C17H16FN5. The highest BCUT2D eigenvalue weighted by atomic mass is 19.1. The number of piperidine rings is 1. The van der Waals surface area contributed by atoms with Gasteiger partial charge in [0.05, 0.1) is 17.6 Å². The van der Waals surface area contributed by atoms with Crippen LogP contribution in [0.4, 0.5) is 10.1 Å². The van der Waals surface area contributed by atoms with Crippen molar-refractivity contribution in [3.05, 3.63) is 53.9 Å². The molecule has 5 heterocycles. The Morgan fingerprint density at radius 1 is 1.22 bits per heavy atom. The molecule has 6 heteroatoms. The van der Waals surface area contributed by atoms with Gasteiger partial charge >= 0.3 is 0 Å². The Kier molecular flexibility index (Phi) is 3.43. The molecule has 2 atom stereocenters. The summed E-state index contributed by atoms with van der Waals surface area (Å²) >= 11 is 0. The predicted molar refractivity (Wildman–Crippen MR) is 83.1 cm³/mol. The van der Waals surface area contributed by atoms with E-state index in [0.29, 0.717) is 30.0 Å². The molecule has 3 saturated heterocycles. The highest BCUT2D eigenvalue weighted by molar-refractivity contribution is 5.52. The van der Waals surface area contributed by atoms with Gasteiger partial charge in [0.15, 0.2) is 0 Å². The number of rotatable bonds is 3. The molecule has 0 amide bonds. The molecule has 0 aliphatic carbocycles. The first kappa shape index (κ1) is 14.1. The van der Waals surface area contributed by atoms with Gasteiger partial charge in [-0.2, -0.15) is 5.26 Å². The maximum atomic E-state index is 13.7. The summed E-state index contributed by atoms with van der Waals surface area (Å²) in [4.78, 5) is 12.9. The van der Waals surface area contributed by atoms with Crippen molar-refractivity contribution in [3.63, 3.8) is 0 Å². The van der Waals surface area contributed by atoms with Gasteiger partial charge in [-0.1, -0.05) is 0 Å². The van der Waals surface area contributed by atoms with Gasteiger partial charge < -0.3 is 4.90 Å². The fourth-order valence-electron chi connectivity index (χ4n) is 3.60. The standard InChI is InChI=1S/C17H16FN5/c18-16-2-1-5-20-17(16)11-22-9-14-6-15(10-22)23(14)13-4-3-12(7-19)21-8-13/h1-5,8,14-15H,6,9-11H2. The predicted octanol–water partition coefficient (Wildman–Crippen LogP) is 1.95. The van der Waals surface area contributed by atoms with Crippen LogP contribution < -0.4 is 4.90 Å². The van der Waals surface area contributed by atoms with Gasteiger partial charge in [0.2, 0.25) is 0 Å². The molecule has 5 nitrogen and oxygen atoms in total. The lowest BCUT2D eigenvalue weighted by atomic mass is 9.86. The van der Waals surface area contributed by atoms with Crippen LogP contribution in [0.15, 0.2) is 36.7 Å². The zero-order valence-electron chi connectivity index (χ0n) is 12.6. The highest BCUT2D eigenvalue weighted by Crippen LogP contribution is 2.37. The minimum absolute atomic E-state index is 0.236. The lowest BCUT2D eigenvalue weighted by molar-refractivity contribution is 0.106. The first-order valence-corrected chi connectivity index (χ1v) is 7.71. The molecule has 0 N–H and O–H groups in total. The van der Waals surface area contributed by atoms with Crippen molar-refractivity contribution in [2.45, 2.75) is 25.0 Å². The van der Waals surface area contributed by atoms with Crippen molar-refractivity contribution in [2.75, 3.05) is 18.0 Å². The summed E-state index contributed by atoms with van der Waals surface area (Å²) in [6, 6.07) is 9.68. The number of hydrogen-bond acceptors (Lipinski definition) is 5. The monoisotopic (exact) mass is 309 g/mol. The second kappa shape index (κ2) is 5.60. The van der Waals surface area contributed by atoms with Crippen molar-refractivity contribution in [1.29, 1.82) is 5.26 Å². The van der Waals surface area contributed by atoms with Crippen LogP contribution in [0.2, 0.25) is 0 Å². The van der Waals surface area contributed by atoms with Crippen LogP contribution in [0.25, 0.3) is 0 Å². The van der Waals surface area contributed by atoms with E-state index < -0.39 is 0 Å². The molecule has 2 bridgehead atoms. The topological polar surface area (TPSA) is 56.1 Å². The lowest BCUT2D eigenvalue weighted by Gasteiger charge is -2.57. The summed E-state index contributed by atoms with van der Waals surface area (Å²) in [6.07, 6.45) is 4.56. The molecular weight excluding hydrogens is 293 g/mol. The number of piperazine rings is 1. The molecule has 5 rings (SSSR count). The van der Waals surface area contributed by atoms with E-state index in [9.17, 15) is 4.39 Å². The molecule has 23 heavy (non-hydrogen) atoms. The van der Waals surface area contributed by atoms with Crippen LogP contribution >= 0.6 is 0 Å². The molecule has 3 fully saturated rings. The van der Waals surface area contributed by atoms with Crippen LogP contribution in [0.5, 0.6) is 0 Å². The summed E-state index contributed by atoms with van der Waals surface area (Å²) in [5, 5.41) is 8.83. The molecule has 2 aromatic rings. The number of fused-ring (bicyclic) bond motifs is 2. The fourth-order valence-corrected chi connectivity index (χ4v) is 3.60. The molecule has 2 unspecified atom stereocenters. The molecule has 0 spiro atoms. The first-order valence-electron chi connectivity index (χ1n) is 7.71. The number of nitriles is 1. The lowest BCUT2D eigenvalue weighted by Crippen LogP contribution is -2.68. The SMILES string of the molecule is N#Cc1ccc(N2C3CC2CN(Cc2ncccc2F)C3)cn1. The van der Waals surface area contributed by atoms with E-state index in [2.05, 4.69) is 19.8 Å². The molecule has 0 radical (unpaired) electrons. The average Bonchev–Trinajstić information content (AvgIpc) is 2.58. The Bertz CT molecular complexity index is 742.